The van der Waals surface area contributed by atoms with Crippen molar-refractivity contribution in [2.45, 2.75) is 25.3 Å². The highest BCUT2D eigenvalue weighted by Gasteiger charge is 2.16. The maximum Gasteiger partial charge on any atom is 0.241 e. The summed E-state index contributed by atoms with van der Waals surface area (Å²) in [5.41, 5.74) is 2.80. The lowest BCUT2D eigenvalue weighted by Crippen LogP contribution is -2.13. The van der Waals surface area contributed by atoms with Crippen LogP contribution in [0.4, 0.5) is 0 Å². The van der Waals surface area contributed by atoms with E-state index in [4.69, 9.17) is 5.14 Å². The first-order valence-electron chi connectivity index (χ1n) is 5.48. The predicted octanol–water partition coefficient (Wildman–Crippen LogP) is 1.20. The number of nitrogens with zero attached hydrogens (tertiary/aromatic N) is 2. The number of nitrogens with two attached hydrogens (primary N) is 1. The molecular formula is C12H15N3O2S. The topological polar surface area (TPSA) is 78.0 Å². The predicted molar refractivity (Wildman–Crippen MR) is 68.6 cm³/mol. The molecule has 0 radical (unpaired) electrons. The molecular weight excluding hydrogens is 250 g/mol. The first-order valence-corrected chi connectivity index (χ1v) is 7.03. The van der Waals surface area contributed by atoms with Crippen molar-refractivity contribution in [2.24, 2.45) is 5.14 Å². The molecule has 1 aromatic heterocycles. The van der Waals surface area contributed by atoms with Gasteiger partial charge in [0.25, 0.3) is 0 Å². The molecule has 96 valence electrons. The Morgan fingerprint density at radius 2 is 1.83 bits per heavy atom. The fourth-order valence-corrected chi connectivity index (χ4v) is 2.45. The van der Waals surface area contributed by atoms with Crippen LogP contribution in [0.5, 0.6) is 0 Å². The monoisotopic (exact) mass is 265 g/mol. The number of rotatable bonds is 3. The molecule has 0 aliphatic rings. The van der Waals surface area contributed by atoms with Gasteiger partial charge in [-0.05, 0) is 19.4 Å². The second-order valence-electron chi connectivity index (χ2n) is 4.28. The van der Waals surface area contributed by atoms with Crippen molar-refractivity contribution >= 4 is 10.0 Å². The third-order valence-electron chi connectivity index (χ3n) is 2.82. The molecule has 0 amide bonds. The zero-order chi connectivity index (χ0) is 13.3. The van der Waals surface area contributed by atoms with Gasteiger partial charge in [0.1, 0.15) is 4.90 Å². The lowest BCUT2D eigenvalue weighted by molar-refractivity contribution is 0.596. The maximum atomic E-state index is 11.3. The Bertz CT molecular complexity index is 657. The number of primary sulfonamides is 1. The van der Waals surface area contributed by atoms with Crippen LogP contribution in [0.15, 0.2) is 35.4 Å². The van der Waals surface area contributed by atoms with E-state index in [0.717, 1.165) is 5.56 Å². The Kier molecular flexibility index (Phi) is 3.23. The van der Waals surface area contributed by atoms with E-state index in [-0.39, 0.29) is 4.90 Å². The first kappa shape index (κ1) is 12.8. The van der Waals surface area contributed by atoms with E-state index in [1.807, 2.05) is 31.2 Å². The molecule has 18 heavy (non-hydrogen) atoms. The Labute approximate surface area is 106 Å². The van der Waals surface area contributed by atoms with Crippen molar-refractivity contribution < 1.29 is 8.42 Å². The van der Waals surface area contributed by atoms with Gasteiger partial charge in [0.05, 0.1) is 18.4 Å². The molecule has 0 saturated carbocycles. The average Bonchev–Trinajstić information content (AvgIpc) is 2.63. The zero-order valence-corrected chi connectivity index (χ0v) is 11.1. The molecule has 0 spiro atoms. The molecule has 1 heterocycles. The summed E-state index contributed by atoms with van der Waals surface area (Å²) in [6.07, 6.45) is 1.29. The molecule has 2 rings (SSSR count). The molecule has 0 atom stereocenters. The molecule has 0 unspecified atom stereocenters. The van der Waals surface area contributed by atoms with Crippen LogP contribution in [0, 0.1) is 13.8 Å². The highest BCUT2D eigenvalue weighted by atomic mass is 32.2. The Hall–Kier alpha value is -1.66. The van der Waals surface area contributed by atoms with Crippen molar-refractivity contribution in [2.75, 3.05) is 0 Å². The van der Waals surface area contributed by atoms with E-state index in [0.29, 0.717) is 12.2 Å². The van der Waals surface area contributed by atoms with Crippen LogP contribution < -0.4 is 5.14 Å². The summed E-state index contributed by atoms with van der Waals surface area (Å²) in [5, 5.41) is 9.16. The van der Waals surface area contributed by atoms with E-state index >= 15 is 0 Å². The minimum Gasteiger partial charge on any atom is -0.264 e. The second kappa shape index (κ2) is 4.55. The number of sulfonamides is 1. The highest BCUT2D eigenvalue weighted by molar-refractivity contribution is 7.89. The van der Waals surface area contributed by atoms with Crippen molar-refractivity contribution in [3.8, 4) is 0 Å². The van der Waals surface area contributed by atoms with E-state index in [9.17, 15) is 8.42 Å². The molecule has 1 aromatic carbocycles. The molecule has 2 N–H and O–H groups in total. The molecule has 0 saturated heterocycles. The summed E-state index contributed by atoms with van der Waals surface area (Å²) < 4.78 is 24.2. The van der Waals surface area contributed by atoms with Gasteiger partial charge in [-0.1, -0.05) is 29.8 Å². The largest absolute Gasteiger partial charge is 0.264 e. The number of hydrogen-bond acceptors (Lipinski definition) is 3. The van der Waals surface area contributed by atoms with Crippen molar-refractivity contribution in [3.63, 3.8) is 0 Å². The second-order valence-corrected chi connectivity index (χ2v) is 5.81. The van der Waals surface area contributed by atoms with Crippen molar-refractivity contribution in [3.05, 3.63) is 47.3 Å². The quantitative estimate of drug-likeness (QED) is 0.905. The van der Waals surface area contributed by atoms with Crippen LogP contribution >= 0.6 is 0 Å². The number of aromatic nitrogens is 2. The third-order valence-corrected chi connectivity index (χ3v) is 3.83. The van der Waals surface area contributed by atoms with Gasteiger partial charge >= 0.3 is 0 Å². The summed E-state index contributed by atoms with van der Waals surface area (Å²) >= 11 is 0. The van der Waals surface area contributed by atoms with Gasteiger partial charge in [-0.15, -0.1) is 0 Å². The van der Waals surface area contributed by atoms with E-state index < -0.39 is 10.0 Å². The van der Waals surface area contributed by atoms with E-state index in [2.05, 4.69) is 5.10 Å². The van der Waals surface area contributed by atoms with Gasteiger partial charge in [0.2, 0.25) is 10.0 Å². The SMILES string of the molecule is Cc1ccc(Cn2ncc(S(N)(=O)=O)c2C)cc1. The summed E-state index contributed by atoms with van der Waals surface area (Å²) in [6.45, 7) is 4.24. The van der Waals surface area contributed by atoms with Crippen molar-refractivity contribution in [1.29, 1.82) is 0 Å². The number of hydrogen-bond donors (Lipinski definition) is 1. The summed E-state index contributed by atoms with van der Waals surface area (Å²) in [5.74, 6) is 0. The van der Waals surface area contributed by atoms with E-state index in [1.54, 1.807) is 11.6 Å². The molecule has 6 heteroatoms. The fourth-order valence-electron chi connectivity index (χ4n) is 1.73. The van der Waals surface area contributed by atoms with Gasteiger partial charge in [-0.2, -0.15) is 5.10 Å². The minimum atomic E-state index is -3.69. The molecule has 2 aromatic rings. The van der Waals surface area contributed by atoms with Crippen LogP contribution in [0.2, 0.25) is 0 Å². The average molecular weight is 265 g/mol. The molecule has 0 fully saturated rings. The Morgan fingerprint density at radius 1 is 1.22 bits per heavy atom. The van der Waals surface area contributed by atoms with Gasteiger partial charge in [0, 0.05) is 0 Å². The highest BCUT2D eigenvalue weighted by Crippen LogP contribution is 2.14. The smallest absolute Gasteiger partial charge is 0.241 e. The van der Waals surface area contributed by atoms with Gasteiger partial charge in [0.15, 0.2) is 0 Å². The number of benzene rings is 1. The molecule has 0 aliphatic heterocycles. The lowest BCUT2D eigenvalue weighted by atomic mass is 10.1. The van der Waals surface area contributed by atoms with Gasteiger partial charge in [-0.25, -0.2) is 13.6 Å². The van der Waals surface area contributed by atoms with E-state index in [1.165, 1.54) is 11.8 Å². The van der Waals surface area contributed by atoms with Gasteiger partial charge < -0.3 is 0 Å². The third kappa shape index (κ3) is 2.60. The molecule has 0 bridgehead atoms. The molecule has 5 nitrogen and oxygen atoms in total. The number of aryl methyl sites for hydroxylation is 1. The lowest BCUT2D eigenvalue weighted by Gasteiger charge is -2.05. The zero-order valence-electron chi connectivity index (χ0n) is 10.3. The van der Waals surface area contributed by atoms with Crippen LogP contribution in [0.1, 0.15) is 16.8 Å². The normalized spacial score (nSPS) is 11.7. The van der Waals surface area contributed by atoms with Crippen LogP contribution in [-0.4, -0.2) is 18.2 Å². The van der Waals surface area contributed by atoms with Crippen LogP contribution in [0.3, 0.4) is 0 Å². The summed E-state index contributed by atoms with van der Waals surface area (Å²) in [6, 6.07) is 8.00. The summed E-state index contributed by atoms with van der Waals surface area (Å²) in [4.78, 5) is 0.0783. The first-order chi connectivity index (χ1) is 8.38. The van der Waals surface area contributed by atoms with Gasteiger partial charge in [-0.3, -0.25) is 4.68 Å². The maximum absolute atomic E-state index is 11.3. The Balaban J connectivity index is 2.31. The summed E-state index contributed by atoms with van der Waals surface area (Å²) in [7, 11) is -3.69. The van der Waals surface area contributed by atoms with Crippen molar-refractivity contribution in [1.82, 2.24) is 9.78 Å². The molecule has 0 aliphatic carbocycles. The fraction of sp³-hybridized carbons (Fsp3) is 0.250. The van der Waals surface area contributed by atoms with Crippen LogP contribution in [-0.2, 0) is 16.6 Å². The standard InChI is InChI=1S/C12H15N3O2S/c1-9-3-5-11(6-4-9)8-15-10(2)12(7-14-15)18(13,16)17/h3-7H,8H2,1-2H3,(H2,13,16,17). The Morgan fingerprint density at radius 3 is 2.33 bits per heavy atom. The van der Waals surface area contributed by atoms with Crippen LogP contribution in [0.25, 0.3) is 0 Å². The minimum absolute atomic E-state index is 0.0783.